The van der Waals surface area contributed by atoms with E-state index < -0.39 is 0 Å². The molecule has 0 unspecified atom stereocenters. The van der Waals surface area contributed by atoms with Crippen LogP contribution in [0.4, 0.5) is 0 Å². The first kappa shape index (κ1) is 21.9. The van der Waals surface area contributed by atoms with E-state index in [4.69, 9.17) is 11.6 Å². The average molecular weight is 491 g/mol. The van der Waals surface area contributed by atoms with Gasteiger partial charge < -0.3 is 0 Å². The van der Waals surface area contributed by atoms with Crippen LogP contribution in [0.15, 0.2) is 140 Å². The second-order valence-corrected chi connectivity index (χ2v) is 9.90. The predicted octanol–water partition coefficient (Wildman–Crippen LogP) is 10.8. The summed E-state index contributed by atoms with van der Waals surface area (Å²) in [6.45, 7) is 0. The van der Waals surface area contributed by atoms with Gasteiger partial charge in [-0.2, -0.15) is 0 Å². The van der Waals surface area contributed by atoms with Gasteiger partial charge in [0.1, 0.15) is 0 Å². The lowest BCUT2D eigenvalue weighted by molar-refractivity contribution is 1.61. The highest BCUT2D eigenvalue weighted by Gasteiger charge is 2.18. The summed E-state index contributed by atoms with van der Waals surface area (Å²) in [5, 5.41) is 8.20. The third-order valence-corrected chi connectivity index (χ3v) is 7.50. The molecule has 0 aromatic heterocycles. The van der Waals surface area contributed by atoms with Gasteiger partial charge in [-0.15, -0.1) is 0 Å². The lowest BCUT2D eigenvalue weighted by atomic mass is 9.84. The molecule has 0 bridgehead atoms. The Hall–Kier alpha value is -4.39. The highest BCUT2D eigenvalue weighted by Crippen LogP contribution is 2.46. The first-order valence-electron chi connectivity index (χ1n) is 12.6. The van der Waals surface area contributed by atoms with Crippen LogP contribution in [0.3, 0.4) is 0 Å². The zero-order valence-corrected chi connectivity index (χ0v) is 20.9. The van der Waals surface area contributed by atoms with Crippen molar-refractivity contribution in [1.29, 1.82) is 0 Å². The number of halogens is 1. The summed E-state index contributed by atoms with van der Waals surface area (Å²) in [6, 6.07) is 49.7. The van der Waals surface area contributed by atoms with E-state index in [0.29, 0.717) is 0 Å². The number of fused-ring (bicyclic) bond motifs is 3. The fraction of sp³-hybridized carbons (Fsp3) is 0. The van der Waals surface area contributed by atoms with Gasteiger partial charge >= 0.3 is 0 Å². The highest BCUT2D eigenvalue weighted by molar-refractivity contribution is 6.31. The lowest BCUT2D eigenvalue weighted by Crippen LogP contribution is -1.92. The van der Waals surface area contributed by atoms with Crippen LogP contribution in [0.5, 0.6) is 0 Å². The van der Waals surface area contributed by atoms with Crippen LogP contribution >= 0.6 is 11.6 Å². The molecule has 0 fully saturated rings. The Labute approximate surface area is 221 Å². The van der Waals surface area contributed by atoms with E-state index in [1.54, 1.807) is 0 Å². The molecule has 7 aromatic carbocycles. The van der Waals surface area contributed by atoms with Crippen molar-refractivity contribution in [3.63, 3.8) is 0 Å². The molecule has 37 heavy (non-hydrogen) atoms. The molecule has 7 aromatic rings. The van der Waals surface area contributed by atoms with Crippen LogP contribution < -0.4 is 0 Å². The van der Waals surface area contributed by atoms with Crippen molar-refractivity contribution in [3.05, 3.63) is 145 Å². The first-order chi connectivity index (χ1) is 18.3. The van der Waals surface area contributed by atoms with Gasteiger partial charge in [-0.25, -0.2) is 0 Å². The molecule has 0 N–H and O–H groups in total. The molecule has 0 spiro atoms. The first-order valence-corrected chi connectivity index (χ1v) is 12.9. The van der Waals surface area contributed by atoms with Crippen molar-refractivity contribution >= 4 is 43.9 Å². The zero-order chi connectivity index (χ0) is 24.8. The number of hydrogen-bond donors (Lipinski definition) is 0. The normalized spacial score (nSPS) is 11.4. The van der Waals surface area contributed by atoms with Gasteiger partial charge in [0.15, 0.2) is 0 Å². The Morgan fingerprint density at radius 2 is 0.865 bits per heavy atom. The Balaban J connectivity index is 1.61. The molecular weight excluding hydrogens is 468 g/mol. The molecule has 1 heteroatoms. The lowest BCUT2D eigenvalue weighted by Gasteiger charge is -2.19. The molecule has 0 aliphatic heterocycles. The summed E-state index contributed by atoms with van der Waals surface area (Å²) < 4.78 is 0. The van der Waals surface area contributed by atoms with Crippen molar-refractivity contribution in [2.75, 3.05) is 0 Å². The van der Waals surface area contributed by atoms with Gasteiger partial charge in [-0.3, -0.25) is 0 Å². The zero-order valence-electron chi connectivity index (χ0n) is 20.2. The van der Waals surface area contributed by atoms with Gasteiger partial charge in [-0.05, 0) is 83.9 Å². The maximum atomic E-state index is 6.74. The fourth-order valence-electron chi connectivity index (χ4n) is 5.70. The number of hydrogen-bond acceptors (Lipinski definition) is 0. The summed E-state index contributed by atoms with van der Waals surface area (Å²) in [4.78, 5) is 0. The van der Waals surface area contributed by atoms with E-state index in [1.165, 1.54) is 49.0 Å². The molecule has 0 heterocycles. The molecule has 0 atom stereocenters. The maximum absolute atomic E-state index is 6.74. The van der Waals surface area contributed by atoms with Crippen molar-refractivity contribution in [3.8, 4) is 33.4 Å². The van der Waals surface area contributed by atoms with Crippen LogP contribution in [0.25, 0.3) is 65.7 Å². The Morgan fingerprint density at radius 1 is 0.351 bits per heavy atom. The van der Waals surface area contributed by atoms with Crippen LogP contribution in [0.1, 0.15) is 0 Å². The minimum atomic E-state index is 0.739. The van der Waals surface area contributed by atoms with E-state index in [9.17, 15) is 0 Å². The molecule has 174 valence electrons. The molecule has 0 aliphatic carbocycles. The molecule has 7 rings (SSSR count). The molecule has 0 radical (unpaired) electrons. The highest BCUT2D eigenvalue weighted by atomic mass is 35.5. The second-order valence-electron chi connectivity index (χ2n) is 9.46. The second kappa shape index (κ2) is 8.92. The minimum Gasteiger partial charge on any atom is -0.0843 e. The van der Waals surface area contributed by atoms with E-state index in [0.717, 1.165) is 21.7 Å². The van der Waals surface area contributed by atoms with E-state index in [1.807, 2.05) is 6.07 Å². The van der Waals surface area contributed by atoms with Gasteiger partial charge in [-0.1, -0.05) is 133 Å². The largest absolute Gasteiger partial charge is 0.0843 e. The van der Waals surface area contributed by atoms with Crippen molar-refractivity contribution in [2.24, 2.45) is 0 Å². The van der Waals surface area contributed by atoms with Crippen LogP contribution in [0, 0.1) is 0 Å². The van der Waals surface area contributed by atoms with E-state index in [2.05, 4.69) is 133 Å². The predicted molar refractivity (Wildman–Crippen MR) is 160 cm³/mol. The quantitative estimate of drug-likeness (QED) is 0.216. The average Bonchev–Trinajstić information content (AvgIpc) is 2.96. The summed E-state index contributed by atoms with van der Waals surface area (Å²) in [5.41, 5.74) is 7.16. The molecule has 0 saturated heterocycles. The van der Waals surface area contributed by atoms with Gasteiger partial charge in [0.2, 0.25) is 0 Å². The van der Waals surface area contributed by atoms with Gasteiger partial charge in [0.05, 0.1) is 0 Å². The smallest absolute Gasteiger partial charge is 0.0418 e. The van der Waals surface area contributed by atoms with Crippen molar-refractivity contribution in [1.82, 2.24) is 0 Å². The summed E-state index contributed by atoms with van der Waals surface area (Å²) in [7, 11) is 0. The van der Waals surface area contributed by atoms with Crippen LogP contribution in [0.2, 0.25) is 5.02 Å². The third-order valence-electron chi connectivity index (χ3n) is 7.28. The molecule has 0 nitrogen and oxygen atoms in total. The molecule has 0 aliphatic rings. The SMILES string of the molecule is Clc1cc(-c2ccccc2)cc(-c2c3ccccc3c(-c3cccc4ccccc34)c3ccccc23)c1. The molecule has 0 saturated carbocycles. The summed E-state index contributed by atoms with van der Waals surface area (Å²) in [6.07, 6.45) is 0. The van der Waals surface area contributed by atoms with Crippen LogP contribution in [-0.2, 0) is 0 Å². The Kier molecular flexibility index (Phi) is 5.27. The molecular formula is C36H23Cl. The Bertz CT molecular complexity index is 1870. The van der Waals surface area contributed by atoms with Gasteiger partial charge in [0, 0.05) is 5.02 Å². The van der Waals surface area contributed by atoms with E-state index >= 15 is 0 Å². The van der Waals surface area contributed by atoms with Crippen molar-refractivity contribution < 1.29 is 0 Å². The van der Waals surface area contributed by atoms with Crippen molar-refractivity contribution in [2.45, 2.75) is 0 Å². The fourth-order valence-corrected chi connectivity index (χ4v) is 5.94. The topological polar surface area (TPSA) is 0 Å². The Morgan fingerprint density at radius 3 is 1.54 bits per heavy atom. The summed E-state index contributed by atoms with van der Waals surface area (Å²) >= 11 is 6.74. The van der Waals surface area contributed by atoms with Gasteiger partial charge in [0.25, 0.3) is 0 Å². The number of rotatable bonds is 3. The molecule has 0 amide bonds. The standard InChI is InChI=1S/C36H23Cl/c37-28-22-26(24-11-2-1-3-12-24)21-27(23-28)35-31-16-6-8-18-33(31)36(34-19-9-7-17-32(34)35)30-20-10-14-25-13-4-5-15-29(25)30/h1-23H. The van der Waals surface area contributed by atoms with Crippen LogP contribution in [-0.4, -0.2) is 0 Å². The third kappa shape index (κ3) is 3.69. The van der Waals surface area contributed by atoms with E-state index in [-0.39, 0.29) is 0 Å². The maximum Gasteiger partial charge on any atom is 0.0418 e. The monoisotopic (exact) mass is 490 g/mol. The number of benzene rings is 7. The summed E-state index contributed by atoms with van der Waals surface area (Å²) in [5.74, 6) is 0. The minimum absolute atomic E-state index is 0.739.